The highest BCUT2D eigenvalue weighted by molar-refractivity contribution is 6.11. The van der Waals surface area contributed by atoms with Crippen LogP contribution >= 0.6 is 0 Å². The third-order valence-electron chi connectivity index (χ3n) is 7.39. The van der Waals surface area contributed by atoms with Crippen molar-refractivity contribution in [1.82, 2.24) is 0 Å². The van der Waals surface area contributed by atoms with Gasteiger partial charge in [0.25, 0.3) is 0 Å². The fraction of sp³-hybridized carbons (Fsp3) is 0. The summed E-state index contributed by atoms with van der Waals surface area (Å²) in [5, 5.41) is 4.60. The molecule has 0 unspecified atom stereocenters. The van der Waals surface area contributed by atoms with Crippen LogP contribution in [0.5, 0.6) is 0 Å². The topological polar surface area (TPSA) is 16.4 Å². The number of hydrogen-bond acceptors (Lipinski definition) is 2. The highest BCUT2D eigenvalue weighted by Gasteiger charge is 2.19. The van der Waals surface area contributed by atoms with E-state index in [1.165, 1.54) is 21.9 Å². The molecular weight excluding hydrogens is 486 g/mol. The molecule has 1 aromatic heterocycles. The van der Waals surface area contributed by atoms with Crippen LogP contribution in [0.15, 0.2) is 157 Å². The van der Waals surface area contributed by atoms with Crippen LogP contribution in [0.1, 0.15) is 5.56 Å². The average molecular weight is 514 g/mol. The third kappa shape index (κ3) is 4.26. The molecule has 0 aliphatic carbocycles. The molecule has 40 heavy (non-hydrogen) atoms. The summed E-state index contributed by atoms with van der Waals surface area (Å²) in [4.78, 5) is 2.30. The molecule has 0 bridgehead atoms. The first-order valence-corrected chi connectivity index (χ1v) is 13.5. The highest BCUT2D eigenvalue weighted by atomic mass is 16.3. The number of fused-ring (bicyclic) bond motifs is 4. The first kappa shape index (κ1) is 23.8. The summed E-state index contributed by atoms with van der Waals surface area (Å²) in [5.74, 6) is 0. The number of para-hydroxylation sites is 1. The number of anilines is 3. The van der Waals surface area contributed by atoms with Gasteiger partial charge in [-0.15, -0.1) is 0 Å². The minimum Gasteiger partial charge on any atom is -0.454 e. The normalized spacial score (nSPS) is 11.5. The van der Waals surface area contributed by atoms with Gasteiger partial charge < -0.3 is 9.32 Å². The number of allylic oxidation sites excluding steroid dienone is 2. The van der Waals surface area contributed by atoms with E-state index in [4.69, 9.17) is 4.42 Å². The van der Waals surface area contributed by atoms with Crippen LogP contribution in [0.2, 0.25) is 0 Å². The van der Waals surface area contributed by atoms with Crippen LogP contribution in [-0.4, -0.2) is 0 Å². The Kier molecular flexibility index (Phi) is 5.99. The zero-order chi connectivity index (χ0) is 26.9. The summed E-state index contributed by atoms with van der Waals surface area (Å²) in [6.45, 7) is 3.80. The smallest absolute Gasteiger partial charge is 0.159 e. The summed E-state index contributed by atoms with van der Waals surface area (Å²) < 4.78 is 6.56. The van der Waals surface area contributed by atoms with Gasteiger partial charge >= 0.3 is 0 Å². The molecule has 7 aromatic rings. The minimum absolute atomic E-state index is 0.864. The van der Waals surface area contributed by atoms with E-state index >= 15 is 0 Å². The molecule has 0 aliphatic heterocycles. The molecule has 0 saturated heterocycles. The number of nitrogens with zero attached hydrogens (tertiary/aromatic N) is 1. The van der Waals surface area contributed by atoms with Crippen molar-refractivity contribution < 1.29 is 4.42 Å². The number of furan rings is 1. The summed E-state index contributed by atoms with van der Waals surface area (Å²) in [5.41, 5.74) is 8.38. The molecule has 7 rings (SSSR count). The fourth-order valence-electron chi connectivity index (χ4n) is 5.44. The molecule has 0 atom stereocenters. The molecule has 0 radical (unpaired) electrons. The molecule has 6 aromatic carbocycles. The van der Waals surface area contributed by atoms with E-state index in [0.717, 1.165) is 44.6 Å². The molecule has 1 heterocycles. The van der Waals surface area contributed by atoms with Crippen LogP contribution in [0, 0.1) is 0 Å². The van der Waals surface area contributed by atoms with E-state index < -0.39 is 0 Å². The van der Waals surface area contributed by atoms with Crippen LogP contribution in [0.4, 0.5) is 17.1 Å². The zero-order valence-electron chi connectivity index (χ0n) is 22.0. The summed E-state index contributed by atoms with van der Waals surface area (Å²) >= 11 is 0. The minimum atomic E-state index is 0.864. The van der Waals surface area contributed by atoms with Crippen molar-refractivity contribution in [2.45, 2.75) is 0 Å². The van der Waals surface area contributed by atoms with E-state index in [1.807, 2.05) is 12.1 Å². The van der Waals surface area contributed by atoms with Crippen LogP contribution in [-0.2, 0) is 0 Å². The van der Waals surface area contributed by atoms with Gasteiger partial charge in [0.1, 0.15) is 5.58 Å². The third-order valence-corrected chi connectivity index (χ3v) is 7.39. The van der Waals surface area contributed by atoms with Gasteiger partial charge in [-0.25, -0.2) is 0 Å². The molecule has 0 saturated carbocycles. The van der Waals surface area contributed by atoms with Crippen molar-refractivity contribution in [2.75, 3.05) is 4.90 Å². The molecular formula is C38H27NO. The second-order valence-electron chi connectivity index (χ2n) is 9.89. The molecule has 2 heteroatoms. The second kappa shape index (κ2) is 10.1. The van der Waals surface area contributed by atoms with Crippen molar-refractivity contribution in [1.29, 1.82) is 0 Å². The predicted molar refractivity (Wildman–Crippen MR) is 171 cm³/mol. The lowest BCUT2D eigenvalue weighted by Gasteiger charge is -2.26. The summed E-state index contributed by atoms with van der Waals surface area (Å²) in [6, 6.07) is 47.1. The number of hydrogen-bond donors (Lipinski definition) is 0. The number of rotatable bonds is 6. The molecule has 0 spiro atoms. The molecule has 0 aliphatic rings. The van der Waals surface area contributed by atoms with Gasteiger partial charge in [-0.05, 0) is 69.9 Å². The van der Waals surface area contributed by atoms with E-state index in [9.17, 15) is 0 Å². The van der Waals surface area contributed by atoms with Gasteiger partial charge in [-0.2, -0.15) is 0 Å². The van der Waals surface area contributed by atoms with Crippen molar-refractivity contribution >= 4 is 55.8 Å². The van der Waals surface area contributed by atoms with Crippen molar-refractivity contribution in [2.24, 2.45) is 0 Å². The van der Waals surface area contributed by atoms with Crippen molar-refractivity contribution in [3.8, 4) is 11.1 Å². The largest absolute Gasteiger partial charge is 0.454 e. The maximum Gasteiger partial charge on any atom is 0.159 e. The van der Waals surface area contributed by atoms with Crippen LogP contribution < -0.4 is 4.90 Å². The van der Waals surface area contributed by atoms with E-state index in [0.29, 0.717) is 0 Å². The fourth-order valence-corrected chi connectivity index (χ4v) is 5.44. The van der Waals surface area contributed by atoms with Gasteiger partial charge in [0.05, 0.1) is 5.69 Å². The molecule has 0 N–H and O–H groups in total. The van der Waals surface area contributed by atoms with Crippen molar-refractivity contribution in [3.05, 3.63) is 158 Å². The van der Waals surface area contributed by atoms with Gasteiger partial charge in [-0.3, -0.25) is 0 Å². The molecule has 2 nitrogen and oxygen atoms in total. The summed E-state index contributed by atoms with van der Waals surface area (Å²) in [7, 11) is 0. The van der Waals surface area contributed by atoms with Gasteiger partial charge in [-0.1, -0.05) is 116 Å². The Balaban J connectivity index is 1.43. The zero-order valence-corrected chi connectivity index (χ0v) is 22.0. The summed E-state index contributed by atoms with van der Waals surface area (Å²) in [6.07, 6.45) is 5.81. The Labute approximate surface area is 233 Å². The second-order valence-corrected chi connectivity index (χ2v) is 9.89. The SMILES string of the molecule is C=C/C=C\c1ccc2oc3c(N(c4ccc(-c5ccccc5)cc4)c4ccc5ccccc5c4)cccc3c2c1. The Morgan fingerprint density at radius 3 is 2.15 bits per heavy atom. The Hall–Kier alpha value is -5.34. The first-order valence-electron chi connectivity index (χ1n) is 13.5. The quantitative estimate of drug-likeness (QED) is 0.206. The lowest BCUT2D eigenvalue weighted by atomic mass is 10.0. The van der Waals surface area contributed by atoms with E-state index in [-0.39, 0.29) is 0 Å². The maximum atomic E-state index is 6.56. The molecule has 0 fully saturated rings. The number of benzene rings is 6. The first-order chi connectivity index (χ1) is 19.8. The Bertz CT molecular complexity index is 2010. The van der Waals surface area contributed by atoms with E-state index in [1.54, 1.807) is 6.08 Å². The van der Waals surface area contributed by atoms with Crippen molar-refractivity contribution in [3.63, 3.8) is 0 Å². The lowest BCUT2D eigenvalue weighted by molar-refractivity contribution is 0.669. The van der Waals surface area contributed by atoms with Gasteiger partial charge in [0.2, 0.25) is 0 Å². The molecule has 0 amide bonds. The Morgan fingerprint density at radius 2 is 1.32 bits per heavy atom. The predicted octanol–water partition coefficient (Wildman–Crippen LogP) is 11.1. The van der Waals surface area contributed by atoms with Gasteiger partial charge in [0.15, 0.2) is 5.58 Å². The Morgan fingerprint density at radius 1 is 0.575 bits per heavy atom. The lowest BCUT2D eigenvalue weighted by Crippen LogP contribution is -2.10. The van der Waals surface area contributed by atoms with Crippen LogP contribution in [0.25, 0.3) is 49.9 Å². The van der Waals surface area contributed by atoms with E-state index in [2.05, 4.69) is 145 Å². The van der Waals surface area contributed by atoms with Crippen LogP contribution in [0.3, 0.4) is 0 Å². The highest BCUT2D eigenvalue weighted by Crippen LogP contribution is 2.43. The standard InChI is InChI=1S/C38H27NO/c1-2-3-10-27-17-24-37-35(25-27)34-15-9-16-36(38(34)40-37)39(33-23-20-29-13-7-8-14-31(29)26-33)32-21-18-30(19-22-32)28-11-5-4-6-12-28/h2-26H,1H2/b10-3-. The van der Waals surface area contributed by atoms with Gasteiger partial charge in [0, 0.05) is 22.1 Å². The molecule has 190 valence electrons. The average Bonchev–Trinajstić information content (AvgIpc) is 3.40. The maximum absolute atomic E-state index is 6.56. The monoisotopic (exact) mass is 513 g/mol.